The molecule has 0 spiro atoms. The summed E-state index contributed by atoms with van der Waals surface area (Å²) in [6, 6.07) is 8.03. The van der Waals surface area contributed by atoms with Gasteiger partial charge in [0.15, 0.2) is 0 Å². The number of nitrogens with zero attached hydrogens (tertiary/aromatic N) is 3. The van der Waals surface area contributed by atoms with E-state index in [1.165, 1.54) is 24.1 Å². The Labute approximate surface area is 140 Å². The molecule has 0 bridgehead atoms. The largest absolute Gasteiger partial charge is 0.366 e. The number of hydrogen-bond donors (Lipinski definition) is 1. The maximum atomic E-state index is 11.5. The predicted molar refractivity (Wildman–Crippen MR) is 92.0 cm³/mol. The van der Waals surface area contributed by atoms with E-state index in [-0.39, 0.29) is 0 Å². The number of benzene rings is 1. The first-order valence-corrected chi connectivity index (χ1v) is 8.69. The van der Waals surface area contributed by atoms with Gasteiger partial charge in [-0.15, -0.1) is 0 Å². The SMILES string of the molecule is C[C@H]1CCN1c1nc2c(c(-c3cccc(C(N)=O)c3)n1)C1CC1C2. The number of hydrogen-bond acceptors (Lipinski definition) is 4. The van der Waals surface area contributed by atoms with Crippen LogP contribution in [0.2, 0.25) is 0 Å². The Morgan fingerprint density at radius 2 is 2.21 bits per heavy atom. The summed E-state index contributed by atoms with van der Waals surface area (Å²) in [7, 11) is 0. The summed E-state index contributed by atoms with van der Waals surface area (Å²) >= 11 is 0. The Hall–Kier alpha value is -2.43. The van der Waals surface area contributed by atoms with Crippen LogP contribution in [0.4, 0.5) is 5.95 Å². The molecule has 24 heavy (non-hydrogen) atoms. The van der Waals surface area contributed by atoms with Crippen LogP contribution >= 0.6 is 0 Å². The zero-order valence-corrected chi connectivity index (χ0v) is 13.7. The van der Waals surface area contributed by atoms with E-state index in [1.54, 1.807) is 6.07 Å². The van der Waals surface area contributed by atoms with Crippen LogP contribution in [0.5, 0.6) is 0 Å². The molecule has 3 atom stereocenters. The first kappa shape index (κ1) is 14.0. The molecule has 1 aromatic heterocycles. The fourth-order valence-electron chi connectivity index (χ4n) is 4.10. The Kier molecular flexibility index (Phi) is 2.78. The van der Waals surface area contributed by atoms with Gasteiger partial charge < -0.3 is 10.6 Å². The number of fused-ring (bicyclic) bond motifs is 3. The quantitative estimate of drug-likeness (QED) is 0.943. The minimum atomic E-state index is -0.400. The molecule has 3 aliphatic rings. The fraction of sp³-hybridized carbons (Fsp3) is 0.421. The number of carbonyl (C=O) groups excluding carboxylic acids is 1. The minimum Gasteiger partial charge on any atom is -0.366 e. The molecule has 122 valence electrons. The predicted octanol–water partition coefficient (Wildman–Crippen LogP) is 2.50. The van der Waals surface area contributed by atoms with Crippen molar-refractivity contribution >= 4 is 11.9 Å². The Morgan fingerprint density at radius 1 is 1.33 bits per heavy atom. The highest BCUT2D eigenvalue weighted by molar-refractivity contribution is 5.94. The standard InChI is InChI=1S/C19H20N4O/c1-10-5-6-23(10)19-21-15-9-13-8-14(13)16(15)17(22-19)11-3-2-4-12(7-11)18(20)24/h2-4,7,10,13-14H,5-6,8-9H2,1H3,(H2,20,24)/t10-,13?,14?/m0/s1. The van der Waals surface area contributed by atoms with Gasteiger partial charge >= 0.3 is 0 Å². The van der Waals surface area contributed by atoms with Crippen LogP contribution in [0.15, 0.2) is 24.3 Å². The maximum absolute atomic E-state index is 11.5. The third kappa shape index (κ3) is 1.97. The number of carbonyl (C=O) groups is 1. The van der Waals surface area contributed by atoms with E-state index in [4.69, 9.17) is 15.7 Å². The summed E-state index contributed by atoms with van der Waals surface area (Å²) in [6.45, 7) is 3.23. The van der Waals surface area contributed by atoms with E-state index in [1.807, 2.05) is 18.2 Å². The lowest BCUT2D eigenvalue weighted by Crippen LogP contribution is -2.46. The molecule has 5 heteroatoms. The van der Waals surface area contributed by atoms with E-state index in [0.717, 1.165) is 36.1 Å². The van der Waals surface area contributed by atoms with Crippen molar-refractivity contribution in [2.75, 3.05) is 11.4 Å². The van der Waals surface area contributed by atoms with Crippen molar-refractivity contribution < 1.29 is 4.79 Å². The van der Waals surface area contributed by atoms with Crippen LogP contribution in [-0.2, 0) is 6.42 Å². The summed E-state index contributed by atoms with van der Waals surface area (Å²) in [5, 5.41) is 0. The van der Waals surface area contributed by atoms with E-state index in [2.05, 4.69) is 11.8 Å². The second-order valence-electron chi connectivity index (χ2n) is 7.32. The summed E-state index contributed by atoms with van der Waals surface area (Å²) in [6.07, 6.45) is 3.51. The van der Waals surface area contributed by atoms with Gasteiger partial charge in [0.25, 0.3) is 0 Å². The lowest BCUT2D eigenvalue weighted by Gasteiger charge is -2.39. The van der Waals surface area contributed by atoms with Gasteiger partial charge in [0.1, 0.15) is 0 Å². The normalized spacial score (nSPS) is 26.5. The van der Waals surface area contributed by atoms with Crippen molar-refractivity contribution in [1.29, 1.82) is 0 Å². The molecule has 2 fully saturated rings. The molecular weight excluding hydrogens is 300 g/mol. The van der Waals surface area contributed by atoms with Crippen molar-refractivity contribution in [1.82, 2.24) is 9.97 Å². The third-order valence-electron chi connectivity index (χ3n) is 5.76. The highest BCUT2D eigenvalue weighted by Crippen LogP contribution is 2.58. The van der Waals surface area contributed by atoms with Gasteiger partial charge in [-0.3, -0.25) is 4.79 Å². The number of rotatable bonds is 3. The van der Waals surface area contributed by atoms with Gasteiger partial charge in [-0.2, -0.15) is 0 Å². The smallest absolute Gasteiger partial charge is 0.248 e. The van der Waals surface area contributed by atoms with Crippen LogP contribution < -0.4 is 10.6 Å². The number of aromatic nitrogens is 2. The van der Waals surface area contributed by atoms with E-state index in [0.29, 0.717) is 17.5 Å². The molecular formula is C19H20N4O. The van der Waals surface area contributed by atoms with Crippen molar-refractivity contribution in [3.63, 3.8) is 0 Å². The van der Waals surface area contributed by atoms with Gasteiger partial charge in [0, 0.05) is 29.3 Å². The summed E-state index contributed by atoms with van der Waals surface area (Å²) in [5.74, 6) is 1.79. The second-order valence-corrected chi connectivity index (χ2v) is 7.32. The lowest BCUT2D eigenvalue weighted by atomic mass is 10.0. The van der Waals surface area contributed by atoms with Crippen LogP contribution in [0.1, 0.15) is 47.3 Å². The molecule has 1 aromatic carbocycles. The number of amides is 1. The highest BCUT2D eigenvalue weighted by Gasteiger charge is 2.48. The molecule has 2 N–H and O–H groups in total. The second kappa shape index (κ2) is 4.79. The average molecular weight is 320 g/mol. The van der Waals surface area contributed by atoms with Crippen LogP contribution in [-0.4, -0.2) is 28.5 Å². The summed E-state index contributed by atoms with van der Waals surface area (Å²) in [4.78, 5) is 23.6. The molecule has 0 radical (unpaired) electrons. The molecule has 1 aliphatic heterocycles. The van der Waals surface area contributed by atoms with Crippen molar-refractivity contribution in [3.8, 4) is 11.3 Å². The van der Waals surface area contributed by atoms with Crippen molar-refractivity contribution in [3.05, 3.63) is 41.1 Å². The molecule has 5 nitrogen and oxygen atoms in total. The maximum Gasteiger partial charge on any atom is 0.248 e. The van der Waals surface area contributed by atoms with E-state index < -0.39 is 5.91 Å². The molecule has 2 heterocycles. The third-order valence-corrected chi connectivity index (χ3v) is 5.76. The summed E-state index contributed by atoms with van der Waals surface area (Å²) < 4.78 is 0. The molecule has 1 saturated carbocycles. The molecule has 5 rings (SSSR count). The molecule has 2 unspecified atom stereocenters. The lowest BCUT2D eigenvalue weighted by molar-refractivity contribution is 0.100. The minimum absolute atomic E-state index is 0.400. The van der Waals surface area contributed by atoms with Crippen LogP contribution in [0.25, 0.3) is 11.3 Å². The molecule has 2 aliphatic carbocycles. The van der Waals surface area contributed by atoms with Gasteiger partial charge in [0.05, 0.1) is 11.4 Å². The molecule has 1 amide bonds. The number of primary amides is 1. The number of anilines is 1. The van der Waals surface area contributed by atoms with Gasteiger partial charge in [-0.25, -0.2) is 9.97 Å². The van der Waals surface area contributed by atoms with Gasteiger partial charge in [-0.1, -0.05) is 12.1 Å². The van der Waals surface area contributed by atoms with Gasteiger partial charge in [0.2, 0.25) is 11.9 Å². The van der Waals surface area contributed by atoms with Gasteiger partial charge in [-0.05, 0) is 50.2 Å². The highest BCUT2D eigenvalue weighted by atomic mass is 16.1. The monoisotopic (exact) mass is 320 g/mol. The number of nitrogens with two attached hydrogens (primary N) is 1. The fourth-order valence-corrected chi connectivity index (χ4v) is 4.10. The first-order valence-electron chi connectivity index (χ1n) is 8.69. The van der Waals surface area contributed by atoms with Crippen molar-refractivity contribution in [2.45, 2.75) is 38.1 Å². The van der Waals surface area contributed by atoms with E-state index >= 15 is 0 Å². The van der Waals surface area contributed by atoms with Crippen LogP contribution in [0.3, 0.4) is 0 Å². The first-order chi connectivity index (χ1) is 11.6. The average Bonchev–Trinajstić information content (AvgIpc) is 3.23. The van der Waals surface area contributed by atoms with Crippen LogP contribution in [0, 0.1) is 5.92 Å². The Morgan fingerprint density at radius 3 is 2.92 bits per heavy atom. The summed E-state index contributed by atoms with van der Waals surface area (Å²) in [5.41, 5.74) is 10.5. The zero-order chi connectivity index (χ0) is 16.4. The van der Waals surface area contributed by atoms with Crippen molar-refractivity contribution in [2.24, 2.45) is 11.7 Å². The zero-order valence-electron chi connectivity index (χ0n) is 13.7. The molecule has 2 aromatic rings. The Balaban J connectivity index is 1.67. The topological polar surface area (TPSA) is 72.1 Å². The van der Waals surface area contributed by atoms with E-state index in [9.17, 15) is 4.79 Å². The molecule has 1 saturated heterocycles. The Bertz CT molecular complexity index is 862.